The summed E-state index contributed by atoms with van der Waals surface area (Å²) in [4.78, 5) is 16.6. The highest BCUT2D eigenvalue weighted by Gasteiger charge is 2.26. The maximum atomic E-state index is 5.83. The van der Waals surface area contributed by atoms with Gasteiger partial charge in [-0.1, -0.05) is 0 Å². The quantitative estimate of drug-likeness (QED) is 0.447. The zero-order valence-electron chi connectivity index (χ0n) is 20.4. The van der Waals surface area contributed by atoms with Crippen LogP contribution in [0.3, 0.4) is 0 Å². The van der Waals surface area contributed by atoms with Gasteiger partial charge in [-0.15, -0.1) is 0 Å². The van der Waals surface area contributed by atoms with Crippen LogP contribution in [-0.4, -0.2) is 53.8 Å². The summed E-state index contributed by atoms with van der Waals surface area (Å²) in [7, 11) is 3.26. The van der Waals surface area contributed by atoms with Crippen LogP contribution in [0.25, 0.3) is 33.4 Å². The Kier molecular flexibility index (Phi) is 5.87. The second-order valence-electron chi connectivity index (χ2n) is 9.79. The van der Waals surface area contributed by atoms with E-state index >= 15 is 0 Å². The first-order valence-corrected chi connectivity index (χ1v) is 11.6. The summed E-state index contributed by atoms with van der Waals surface area (Å²) in [5, 5.41) is 3.70. The maximum absolute atomic E-state index is 5.83. The van der Waals surface area contributed by atoms with Crippen LogP contribution in [0.4, 0.5) is 5.82 Å². The summed E-state index contributed by atoms with van der Waals surface area (Å²) in [6.45, 7) is 8.90. The SMILES string of the molecule is COCc1nc2cc(OC)c(-c3ccc4nc(N5CCC(NC(C)(C)C)C5)ccc4n3)cc2o1. The summed E-state index contributed by atoms with van der Waals surface area (Å²) >= 11 is 0. The van der Waals surface area contributed by atoms with E-state index in [1.54, 1.807) is 14.2 Å². The zero-order chi connectivity index (χ0) is 23.9. The molecule has 1 unspecified atom stereocenters. The van der Waals surface area contributed by atoms with E-state index in [0.29, 0.717) is 29.9 Å². The molecule has 4 heterocycles. The molecule has 0 amide bonds. The molecule has 1 aliphatic heterocycles. The molecule has 1 aliphatic rings. The van der Waals surface area contributed by atoms with E-state index in [0.717, 1.165) is 53.1 Å². The molecule has 1 atom stereocenters. The normalized spacial score (nSPS) is 16.6. The highest BCUT2D eigenvalue weighted by atomic mass is 16.5. The average molecular weight is 462 g/mol. The third-order valence-electron chi connectivity index (χ3n) is 5.97. The molecule has 5 rings (SSSR count). The molecule has 1 aromatic carbocycles. The topological polar surface area (TPSA) is 85.5 Å². The number of hydrogen-bond acceptors (Lipinski definition) is 8. The monoisotopic (exact) mass is 461 g/mol. The van der Waals surface area contributed by atoms with Crippen molar-refractivity contribution in [1.82, 2.24) is 20.3 Å². The van der Waals surface area contributed by atoms with Crippen molar-refractivity contribution in [3.63, 3.8) is 0 Å². The lowest BCUT2D eigenvalue weighted by molar-refractivity contribution is 0.161. The lowest BCUT2D eigenvalue weighted by atomic mass is 10.1. The van der Waals surface area contributed by atoms with Gasteiger partial charge in [-0.3, -0.25) is 0 Å². The summed E-state index contributed by atoms with van der Waals surface area (Å²) in [6.07, 6.45) is 1.12. The number of aromatic nitrogens is 3. The van der Waals surface area contributed by atoms with Crippen molar-refractivity contribution < 1.29 is 13.9 Å². The highest BCUT2D eigenvalue weighted by Crippen LogP contribution is 2.34. The molecule has 34 heavy (non-hydrogen) atoms. The van der Waals surface area contributed by atoms with E-state index in [1.807, 2.05) is 30.3 Å². The molecule has 1 N–H and O–H groups in total. The Morgan fingerprint density at radius 2 is 1.82 bits per heavy atom. The van der Waals surface area contributed by atoms with Gasteiger partial charge in [0.25, 0.3) is 0 Å². The number of nitrogens with one attached hydrogen (secondary N) is 1. The second kappa shape index (κ2) is 8.85. The predicted octanol–water partition coefficient (Wildman–Crippen LogP) is 4.56. The Balaban J connectivity index is 1.43. The number of ether oxygens (including phenoxy) is 2. The lowest BCUT2D eigenvalue weighted by Gasteiger charge is -2.26. The number of nitrogens with zero attached hydrogens (tertiary/aromatic N) is 4. The Bertz CT molecular complexity index is 1330. The van der Waals surface area contributed by atoms with Crippen LogP contribution in [0.1, 0.15) is 33.1 Å². The van der Waals surface area contributed by atoms with Gasteiger partial charge in [0.1, 0.15) is 23.7 Å². The van der Waals surface area contributed by atoms with Crippen LogP contribution in [0.2, 0.25) is 0 Å². The van der Waals surface area contributed by atoms with E-state index < -0.39 is 0 Å². The molecular weight excluding hydrogens is 430 g/mol. The van der Waals surface area contributed by atoms with E-state index in [1.165, 1.54) is 0 Å². The van der Waals surface area contributed by atoms with Gasteiger partial charge in [-0.2, -0.15) is 0 Å². The van der Waals surface area contributed by atoms with Crippen LogP contribution >= 0.6 is 0 Å². The molecule has 4 aromatic rings. The molecule has 0 aliphatic carbocycles. The number of rotatable bonds is 6. The standard InChI is InChI=1S/C26H31N5O3/c1-26(2,3)30-16-10-11-31(14-16)24-9-8-19-20(28-24)7-6-18(27-19)17-12-23-21(13-22(17)33-5)29-25(34-23)15-32-4/h6-9,12-13,16,30H,10-11,14-15H2,1-5H3. The predicted molar refractivity (Wildman–Crippen MR) is 133 cm³/mol. The van der Waals surface area contributed by atoms with E-state index in [9.17, 15) is 0 Å². The Hall–Kier alpha value is -3.23. The molecule has 1 fully saturated rings. The van der Waals surface area contributed by atoms with Gasteiger partial charge in [-0.25, -0.2) is 15.0 Å². The first-order chi connectivity index (χ1) is 16.3. The van der Waals surface area contributed by atoms with Gasteiger partial charge in [0, 0.05) is 43.4 Å². The van der Waals surface area contributed by atoms with Crippen molar-refractivity contribution in [2.45, 2.75) is 45.4 Å². The van der Waals surface area contributed by atoms with Crippen molar-refractivity contribution in [2.75, 3.05) is 32.2 Å². The first-order valence-electron chi connectivity index (χ1n) is 11.6. The summed E-state index contributed by atoms with van der Waals surface area (Å²) in [5.74, 6) is 2.21. The van der Waals surface area contributed by atoms with Crippen LogP contribution < -0.4 is 15.0 Å². The van der Waals surface area contributed by atoms with Crippen molar-refractivity contribution in [3.05, 3.63) is 42.3 Å². The number of methoxy groups -OCH3 is 2. The van der Waals surface area contributed by atoms with Crippen molar-refractivity contribution in [3.8, 4) is 17.0 Å². The highest BCUT2D eigenvalue weighted by molar-refractivity contribution is 5.86. The van der Waals surface area contributed by atoms with Crippen molar-refractivity contribution in [2.24, 2.45) is 0 Å². The van der Waals surface area contributed by atoms with E-state index in [2.05, 4.69) is 42.0 Å². The molecule has 8 heteroatoms. The van der Waals surface area contributed by atoms with Crippen LogP contribution in [0.5, 0.6) is 5.75 Å². The summed E-state index contributed by atoms with van der Waals surface area (Å²) in [6, 6.07) is 12.4. The van der Waals surface area contributed by atoms with Crippen LogP contribution in [0.15, 0.2) is 40.8 Å². The number of pyridine rings is 2. The van der Waals surface area contributed by atoms with Crippen LogP contribution in [0, 0.1) is 0 Å². The fourth-order valence-electron chi connectivity index (χ4n) is 4.58. The minimum absolute atomic E-state index is 0.110. The Morgan fingerprint density at radius 1 is 1.03 bits per heavy atom. The smallest absolute Gasteiger partial charge is 0.221 e. The van der Waals surface area contributed by atoms with Gasteiger partial charge < -0.3 is 24.1 Å². The third kappa shape index (κ3) is 4.56. The molecule has 178 valence electrons. The molecule has 0 bridgehead atoms. The van der Waals surface area contributed by atoms with Gasteiger partial charge >= 0.3 is 0 Å². The average Bonchev–Trinajstić information content (AvgIpc) is 3.42. The zero-order valence-corrected chi connectivity index (χ0v) is 20.4. The number of benzene rings is 1. The number of oxazole rings is 1. The number of anilines is 1. The largest absolute Gasteiger partial charge is 0.496 e. The summed E-state index contributed by atoms with van der Waals surface area (Å²) < 4.78 is 16.6. The number of hydrogen-bond donors (Lipinski definition) is 1. The van der Waals surface area contributed by atoms with E-state index in [-0.39, 0.29) is 5.54 Å². The molecule has 3 aromatic heterocycles. The minimum atomic E-state index is 0.110. The van der Waals surface area contributed by atoms with E-state index in [4.69, 9.17) is 23.9 Å². The number of fused-ring (bicyclic) bond motifs is 2. The minimum Gasteiger partial charge on any atom is -0.496 e. The van der Waals surface area contributed by atoms with Gasteiger partial charge in [0.05, 0.1) is 23.8 Å². The molecule has 0 radical (unpaired) electrons. The molecule has 0 saturated carbocycles. The molecule has 8 nitrogen and oxygen atoms in total. The fourth-order valence-corrected chi connectivity index (χ4v) is 4.58. The van der Waals surface area contributed by atoms with Crippen molar-refractivity contribution >= 4 is 28.0 Å². The maximum Gasteiger partial charge on any atom is 0.221 e. The van der Waals surface area contributed by atoms with Gasteiger partial charge in [0.2, 0.25) is 5.89 Å². The van der Waals surface area contributed by atoms with Crippen molar-refractivity contribution in [1.29, 1.82) is 0 Å². The second-order valence-corrected chi connectivity index (χ2v) is 9.79. The first kappa shape index (κ1) is 22.6. The Labute approximate surface area is 199 Å². The van der Waals surface area contributed by atoms with Gasteiger partial charge in [0.15, 0.2) is 5.58 Å². The molecule has 0 spiro atoms. The molecular formula is C26H31N5O3. The van der Waals surface area contributed by atoms with Gasteiger partial charge in [-0.05, 0) is 57.5 Å². The summed E-state index contributed by atoms with van der Waals surface area (Å²) in [5.41, 5.74) is 4.85. The third-order valence-corrected chi connectivity index (χ3v) is 5.97. The van der Waals surface area contributed by atoms with Crippen LogP contribution in [-0.2, 0) is 11.3 Å². The molecule has 1 saturated heterocycles. The Morgan fingerprint density at radius 3 is 2.59 bits per heavy atom. The fraction of sp³-hybridized carbons (Fsp3) is 0.423. The lowest BCUT2D eigenvalue weighted by Crippen LogP contribution is -2.44.